The molecule has 16 heavy (non-hydrogen) atoms. The van der Waals surface area contributed by atoms with Gasteiger partial charge in [-0.15, -0.1) is 11.3 Å². The minimum Gasteiger partial charge on any atom is -0.403 e. The van der Waals surface area contributed by atoms with Crippen LogP contribution in [-0.2, 0) is 6.42 Å². The molecule has 0 amide bonds. The van der Waals surface area contributed by atoms with Crippen LogP contribution in [-0.4, -0.2) is 10.0 Å². The molecule has 2 heterocycles. The highest BCUT2D eigenvalue weighted by molar-refractivity contribution is 7.09. The number of aliphatic hydroxyl groups excluding tert-OH is 1. The first-order chi connectivity index (χ1) is 7.66. The molecule has 0 fully saturated rings. The van der Waals surface area contributed by atoms with Gasteiger partial charge in [0, 0.05) is 11.3 Å². The Kier molecular flexibility index (Phi) is 3.02. The molecule has 0 radical (unpaired) electrons. The van der Waals surface area contributed by atoms with Crippen molar-refractivity contribution in [2.24, 2.45) is 0 Å². The van der Waals surface area contributed by atoms with E-state index in [1.165, 1.54) is 23.5 Å². The van der Waals surface area contributed by atoms with Crippen molar-refractivity contribution in [1.82, 2.24) is 0 Å². The summed E-state index contributed by atoms with van der Waals surface area (Å²) in [5.41, 5.74) is 0. The van der Waals surface area contributed by atoms with Crippen LogP contribution in [0.1, 0.15) is 16.7 Å². The molecular weight excluding hydrogens is 230 g/mol. The van der Waals surface area contributed by atoms with Crippen LogP contribution < -0.4 is 0 Å². The van der Waals surface area contributed by atoms with Gasteiger partial charge in [-0.25, -0.2) is 0 Å². The van der Waals surface area contributed by atoms with E-state index in [0.717, 1.165) is 4.88 Å². The predicted octanol–water partition coefficient (Wildman–Crippen LogP) is 2.53. The van der Waals surface area contributed by atoms with E-state index in [2.05, 4.69) is 0 Å². The van der Waals surface area contributed by atoms with Crippen molar-refractivity contribution in [3.05, 3.63) is 50.4 Å². The summed E-state index contributed by atoms with van der Waals surface area (Å²) >= 11 is 1.52. The van der Waals surface area contributed by atoms with Crippen molar-refractivity contribution in [2.75, 3.05) is 0 Å². The van der Waals surface area contributed by atoms with Crippen LogP contribution in [0, 0.1) is 10.1 Å². The lowest BCUT2D eigenvalue weighted by atomic mass is 10.2. The molecule has 2 rings (SSSR count). The van der Waals surface area contributed by atoms with Gasteiger partial charge in [0.15, 0.2) is 0 Å². The van der Waals surface area contributed by atoms with Crippen molar-refractivity contribution < 1.29 is 14.4 Å². The van der Waals surface area contributed by atoms with Gasteiger partial charge in [0.05, 0.1) is 6.07 Å². The van der Waals surface area contributed by atoms with Crippen molar-refractivity contribution >= 4 is 17.2 Å². The zero-order valence-electron chi connectivity index (χ0n) is 8.20. The van der Waals surface area contributed by atoms with Gasteiger partial charge < -0.3 is 9.52 Å². The average molecular weight is 239 g/mol. The molecule has 0 spiro atoms. The monoisotopic (exact) mass is 239 g/mol. The van der Waals surface area contributed by atoms with E-state index in [0.29, 0.717) is 6.42 Å². The summed E-state index contributed by atoms with van der Waals surface area (Å²) in [6.45, 7) is 0. The summed E-state index contributed by atoms with van der Waals surface area (Å²) in [5.74, 6) is -0.125. The van der Waals surface area contributed by atoms with Gasteiger partial charge in [-0.05, 0) is 17.5 Å². The fraction of sp³-hybridized carbons (Fsp3) is 0.200. The Morgan fingerprint density at radius 2 is 2.31 bits per heavy atom. The van der Waals surface area contributed by atoms with Crippen LogP contribution in [0.2, 0.25) is 0 Å². The van der Waals surface area contributed by atoms with E-state index < -0.39 is 11.0 Å². The molecule has 2 aromatic heterocycles. The van der Waals surface area contributed by atoms with Crippen molar-refractivity contribution in [2.45, 2.75) is 12.5 Å². The van der Waals surface area contributed by atoms with Crippen molar-refractivity contribution in [3.63, 3.8) is 0 Å². The Hall–Kier alpha value is -1.66. The quantitative estimate of drug-likeness (QED) is 0.657. The molecule has 84 valence electrons. The molecule has 0 aliphatic rings. The van der Waals surface area contributed by atoms with Crippen LogP contribution in [0.15, 0.2) is 34.1 Å². The number of nitrogens with zero attached hydrogens (tertiary/aromatic N) is 1. The molecule has 1 atom stereocenters. The second-order valence-electron chi connectivity index (χ2n) is 3.23. The van der Waals surface area contributed by atoms with Gasteiger partial charge >= 0.3 is 5.88 Å². The third kappa shape index (κ3) is 2.29. The van der Waals surface area contributed by atoms with Crippen molar-refractivity contribution in [1.29, 1.82) is 0 Å². The molecule has 0 aliphatic heterocycles. The summed E-state index contributed by atoms with van der Waals surface area (Å²) < 4.78 is 4.91. The topological polar surface area (TPSA) is 76.5 Å². The van der Waals surface area contributed by atoms with E-state index in [9.17, 15) is 15.2 Å². The van der Waals surface area contributed by atoms with Crippen molar-refractivity contribution in [3.8, 4) is 0 Å². The number of hydrogen-bond acceptors (Lipinski definition) is 5. The molecule has 6 heteroatoms. The van der Waals surface area contributed by atoms with Gasteiger partial charge in [-0.1, -0.05) is 6.07 Å². The molecule has 5 nitrogen and oxygen atoms in total. The molecule has 0 saturated heterocycles. The highest BCUT2D eigenvalue weighted by atomic mass is 32.1. The Balaban J connectivity index is 2.08. The third-order valence-corrected chi connectivity index (χ3v) is 2.99. The number of thiophene rings is 1. The first-order valence-electron chi connectivity index (χ1n) is 4.61. The van der Waals surface area contributed by atoms with E-state index in [1.54, 1.807) is 0 Å². The third-order valence-electron chi connectivity index (χ3n) is 2.10. The summed E-state index contributed by atoms with van der Waals surface area (Å²) in [7, 11) is 0. The summed E-state index contributed by atoms with van der Waals surface area (Å²) in [5, 5.41) is 22.1. The maximum absolute atomic E-state index is 10.4. The number of nitro groups is 1. The van der Waals surface area contributed by atoms with Gasteiger partial charge in [0.25, 0.3) is 0 Å². The second kappa shape index (κ2) is 4.46. The zero-order chi connectivity index (χ0) is 11.5. The van der Waals surface area contributed by atoms with E-state index in [1.807, 2.05) is 17.5 Å². The lowest BCUT2D eigenvalue weighted by Gasteiger charge is -2.04. The smallest absolute Gasteiger partial charge is 0.403 e. The number of furan rings is 1. The standard InChI is InChI=1S/C10H9NO4S/c12-8(6-7-2-1-5-16-7)9-3-4-10(15-9)11(13)14/h1-5,8,12H,6H2. The van der Waals surface area contributed by atoms with Crippen LogP contribution >= 0.6 is 11.3 Å². The summed E-state index contributed by atoms with van der Waals surface area (Å²) in [6.07, 6.45) is -0.435. The lowest BCUT2D eigenvalue weighted by Crippen LogP contribution is -1.98. The van der Waals surface area contributed by atoms with Gasteiger partial charge in [0.1, 0.15) is 16.8 Å². The molecule has 1 N–H and O–H groups in total. The molecule has 0 bridgehead atoms. The molecule has 2 aromatic rings. The minimum atomic E-state index is -0.840. The largest absolute Gasteiger partial charge is 0.433 e. The first kappa shape index (κ1) is 10.8. The van der Waals surface area contributed by atoms with Gasteiger partial charge in [-0.3, -0.25) is 10.1 Å². The lowest BCUT2D eigenvalue weighted by molar-refractivity contribution is -0.402. The predicted molar refractivity (Wildman–Crippen MR) is 58.3 cm³/mol. The maximum Gasteiger partial charge on any atom is 0.433 e. The SMILES string of the molecule is O=[N+]([O-])c1ccc(C(O)Cc2cccs2)o1. The van der Waals surface area contributed by atoms with Crippen LogP contribution in [0.4, 0.5) is 5.88 Å². The highest BCUT2D eigenvalue weighted by Crippen LogP contribution is 2.25. The maximum atomic E-state index is 10.4. The Morgan fingerprint density at radius 1 is 1.50 bits per heavy atom. The average Bonchev–Trinajstić information content (AvgIpc) is 2.86. The number of rotatable bonds is 4. The Bertz CT molecular complexity index is 477. The summed E-state index contributed by atoms with van der Waals surface area (Å²) in [4.78, 5) is 10.8. The first-order valence-corrected chi connectivity index (χ1v) is 5.49. The number of hydrogen-bond donors (Lipinski definition) is 1. The fourth-order valence-corrected chi connectivity index (χ4v) is 2.08. The van der Waals surface area contributed by atoms with E-state index in [-0.39, 0.29) is 11.6 Å². The van der Waals surface area contributed by atoms with E-state index >= 15 is 0 Å². The van der Waals surface area contributed by atoms with Crippen LogP contribution in [0.25, 0.3) is 0 Å². The van der Waals surface area contributed by atoms with Gasteiger partial charge in [-0.2, -0.15) is 0 Å². The molecule has 0 aliphatic carbocycles. The zero-order valence-corrected chi connectivity index (χ0v) is 9.02. The van der Waals surface area contributed by atoms with Gasteiger partial charge in [0.2, 0.25) is 0 Å². The Labute approximate surface area is 95.1 Å². The number of aliphatic hydroxyl groups is 1. The highest BCUT2D eigenvalue weighted by Gasteiger charge is 2.18. The van der Waals surface area contributed by atoms with Crippen LogP contribution in [0.5, 0.6) is 0 Å². The second-order valence-corrected chi connectivity index (χ2v) is 4.26. The fourth-order valence-electron chi connectivity index (χ4n) is 1.34. The minimum absolute atomic E-state index is 0.222. The van der Waals surface area contributed by atoms with Crippen LogP contribution in [0.3, 0.4) is 0 Å². The normalized spacial score (nSPS) is 12.6. The molecule has 0 aromatic carbocycles. The molecule has 0 saturated carbocycles. The molecule has 1 unspecified atom stereocenters. The summed E-state index contributed by atoms with van der Waals surface area (Å²) in [6, 6.07) is 6.45. The Morgan fingerprint density at radius 3 is 2.88 bits per heavy atom. The van der Waals surface area contributed by atoms with E-state index in [4.69, 9.17) is 4.42 Å². The molecular formula is C10H9NO4S.